The molecule has 2 N–H and O–H groups in total. The van der Waals surface area contributed by atoms with E-state index in [1.807, 2.05) is 22.9 Å². The summed E-state index contributed by atoms with van der Waals surface area (Å²) in [5, 5.41) is 4.55. The van der Waals surface area contributed by atoms with Crippen LogP contribution in [-0.4, -0.2) is 24.0 Å². The first-order chi connectivity index (χ1) is 10.1. The third-order valence-electron chi connectivity index (χ3n) is 3.58. The monoisotopic (exact) mass is 289 g/mol. The Labute approximate surface area is 125 Å². The number of nitrogens with zero attached hydrogens (tertiary/aromatic N) is 2. The molecule has 114 valence electrons. The van der Waals surface area contributed by atoms with Gasteiger partial charge in [0, 0.05) is 12.6 Å². The highest BCUT2D eigenvalue weighted by molar-refractivity contribution is 5.42. The lowest BCUT2D eigenvalue weighted by molar-refractivity contribution is 0.393. The summed E-state index contributed by atoms with van der Waals surface area (Å²) in [6.07, 6.45) is 0.897. The van der Waals surface area contributed by atoms with E-state index in [0.717, 1.165) is 41.4 Å². The molecule has 5 nitrogen and oxygen atoms in total. The van der Waals surface area contributed by atoms with E-state index in [1.165, 1.54) is 0 Å². The molecule has 1 atom stereocenters. The van der Waals surface area contributed by atoms with Gasteiger partial charge < -0.3 is 15.2 Å². The van der Waals surface area contributed by atoms with Crippen LogP contribution in [0.15, 0.2) is 24.3 Å². The van der Waals surface area contributed by atoms with Crippen LogP contribution in [0.25, 0.3) is 0 Å². The summed E-state index contributed by atoms with van der Waals surface area (Å²) in [5.74, 6) is 1.47. The molecule has 0 saturated carbocycles. The Bertz CT molecular complexity index is 585. The Morgan fingerprint density at radius 1 is 1.10 bits per heavy atom. The first-order valence-corrected chi connectivity index (χ1v) is 7.18. The highest BCUT2D eigenvalue weighted by atomic mass is 16.5. The van der Waals surface area contributed by atoms with Crippen molar-refractivity contribution in [1.29, 1.82) is 0 Å². The Hall–Kier alpha value is -2.01. The molecule has 1 unspecified atom stereocenters. The number of ether oxygens (including phenoxy) is 2. The minimum absolute atomic E-state index is 0.262. The van der Waals surface area contributed by atoms with Crippen molar-refractivity contribution >= 4 is 0 Å². The third-order valence-corrected chi connectivity index (χ3v) is 3.58. The third kappa shape index (κ3) is 3.19. The summed E-state index contributed by atoms with van der Waals surface area (Å²) >= 11 is 0. The summed E-state index contributed by atoms with van der Waals surface area (Å²) in [5.41, 5.74) is 9.44. The van der Waals surface area contributed by atoms with E-state index in [-0.39, 0.29) is 6.04 Å². The molecule has 1 heterocycles. The second-order valence-corrected chi connectivity index (χ2v) is 4.85. The van der Waals surface area contributed by atoms with Crippen molar-refractivity contribution in [2.45, 2.75) is 32.9 Å². The number of rotatable bonds is 6. The molecule has 0 aliphatic carbocycles. The molecule has 0 aliphatic rings. The summed E-state index contributed by atoms with van der Waals surface area (Å²) in [6.45, 7) is 4.95. The van der Waals surface area contributed by atoms with Crippen LogP contribution in [0.4, 0.5) is 0 Å². The predicted octanol–water partition coefficient (Wildman–Crippen LogP) is 2.53. The largest absolute Gasteiger partial charge is 0.497 e. The number of nitrogens with two attached hydrogens (primary N) is 1. The molecule has 0 saturated heterocycles. The zero-order valence-corrected chi connectivity index (χ0v) is 13.1. The van der Waals surface area contributed by atoms with Gasteiger partial charge in [-0.3, -0.25) is 4.68 Å². The number of hydrogen-bond acceptors (Lipinski definition) is 4. The number of aromatic nitrogens is 2. The molecular formula is C16H23N3O2. The standard InChI is InChI=1S/C16H23N3O2/c1-5-12-9-15(19(6-2)18-12)16(17)11-7-13(20-3)10-14(8-11)21-4/h7-10,16H,5-6,17H2,1-4H3. The molecule has 0 bridgehead atoms. The number of aryl methyl sites for hydroxylation is 2. The summed E-state index contributed by atoms with van der Waals surface area (Å²) < 4.78 is 12.6. The maximum atomic E-state index is 6.44. The maximum absolute atomic E-state index is 6.44. The molecule has 0 amide bonds. The van der Waals surface area contributed by atoms with Crippen molar-refractivity contribution in [3.05, 3.63) is 41.2 Å². The number of benzene rings is 1. The fourth-order valence-corrected chi connectivity index (χ4v) is 2.34. The zero-order chi connectivity index (χ0) is 15.4. The molecule has 21 heavy (non-hydrogen) atoms. The van der Waals surface area contributed by atoms with Crippen LogP contribution in [0, 0.1) is 0 Å². The Morgan fingerprint density at radius 2 is 1.71 bits per heavy atom. The van der Waals surface area contributed by atoms with Gasteiger partial charge in [-0.05, 0) is 37.1 Å². The van der Waals surface area contributed by atoms with Crippen LogP contribution in [-0.2, 0) is 13.0 Å². The van der Waals surface area contributed by atoms with Gasteiger partial charge in [-0.25, -0.2) is 0 Å². The van der Waals surface area contributed by atoms with Crippen molar-refractivity contribution in [3.63, 3.8) is 0 Å². The molecule has 0 spiro atoms. The Kier molecular flexibility index (Phi) is 4.85. The van der Waals surface area contributed by atoms with Crippen LogP contribution in [0.5, 0.6) is 11.5 Å². The summed E-state index contributed by atoms with van der Waals surface area (Å²) in [6, 6.07) is 7.52. The van der Waals surface area contributed by atoms with E-state index in [9.17, 15) is 0 Å². The van der Waals surface area contributed by atoms with Crippen molar-refractivity contribution in [1.82, 2.24) is 9.78 Å². The van der Waals surface area contributed by atoms with Gasteiger partial charge in [-0.1, -0.05) is 6.92 Å². The lowest BCUT2D eigenvalue weighted by atomic mass is 10.0. The average Bonchev–Trinajstić information content (AvgIpc) is 2.96. The fourth-order valence-electron chi connectivity index (χ4n) is 2.34. The van der Waals surface area contributed by atoms with Gasteiger partial charge in [-0.2, -0.15) is 5.10 Å². The van der Waals surface area contributed by atoms with Gasteiger partial charge in [-0.15, -0.1) is 0 Å². The van der Waals surface area contributed by atoms with Gasteiger partial charge >= 0.3 is 0 Å². The number of methoxy groups -OCH3 is 2. The van der Waals surface area contributed by atoms with E-state index in [1.54, 1.807) is 14.2 Å². The quantitative estimate of drug-likeness (QED) is 0.887. The smallest absolute Gasteiger partial charge is 0.122 e. The average molecular weight is 289 g/mol. The Balaban J connectivity index is 2.43. The second kappa shape index (κ2) is 6.63. The molecule has 2 aromatic rings. The molecule has 1 aromatic heterocycles. The highest BCUT2D eigenvalue weighted by Crippen LogP contribution is 2.29. The van der Waals surface area contributed by atoms with Crippen molar-refractivity contribution in [3.8, 4) is 11.5 Å². The normalized spacial score (nSPS) is 12.2. The van der Waals surface area contributed by atoms with Gasteiger partial charge in [0.1, 0.15) is 11.5 Å². The topological polar surface area (TPSA) is 62.3 Å². The van der Waals surface area contributed by atoms with Gasteiger partial charge in [0.15, 0.2) is 0 Å². The van der Waals surface area contributed by atoms with Crippen LogP contribution in [0.2, 0.25) is 0 Å². The second-order valence-electron chi connectivity index (χ2n) is 4.85. The minimum atomic E-state index is -0.262. The Morgan fingerprint density at radius 3 is 2.19 bits per heavy atom. The zero-order valence-electron chi connectivity index (χ0n) is 13.1. The van der Waals surface area contributed by atoms with E-state index in [4.69, 9.17) is 15.2 Å². The fraction of sp³-hybridized carbons (Fsp3) is 0.438. The summed E-state index contributed by atoms with van der Waals surface area (Å²) in [7, 11) is 3.27. The number of hydrogen-bond donors (Lipinski definition) is 1. The maximum Gasteiger partial charge on any atom is 0.122 e. The van der Waals surface area contributed by atoms with Crippen molar-refractivity contribution in [2.75, 3.05) is 14.2 Å². The van der Waals surface area contributed by atoms with Gasteiger partial charge in [0.05, 0.1) is 31.6 Å². The van der Waals surface area contributed by atoms with Gasteiger partial charge in [0.25, 0.3) is 0 Å². The molecule has 0 radical (unpaired) electrons. The first kappa shape index (κ1) is 15.4. The van der Waals surface area contributed by atoms with Crippen LogP contribution >= 0.6 is 0 Å². The van der Waals surface area contributed by atoms with E-state index in [2.05, 4.69) is 25.0 Å². The lowest BCUT2D eigenvalue weighted by Gasteiger charge is -2.16. The molecule has 0 fully saturated rings. The predicted molar refractivity (Wildman–Crippen MR) is 82.9 cm³/mol. The van der Waals surface area contributed by atoms with Crippen LogP contribution in [0.3, 0.4) is 0 Å². The molecule has 1 aromatic carbocycles. The van der Waals surface area contributed by atoms with E-state index >= 15 is 0 Å². The summed E-state index contributed by atoms with van der Waals surface area (Å²) in [4.78, 5) is 0. The molecule has 0 aliphatic heterocycles. The van der Waals surface area contributed by atoms with Crippen molar-refractivity contribution < 1.29 is 9.47 Å². The van der Waals surface area contributed by atoms with Crippen molar-refractivity contribution in [2.24, 2.45) is 5.73 Å². The lowest BCUT2D eigenvalue weighted by Crippen LogP contribution is -2.17. The molecule has 5 heteroatoms. The van der Waals surface area contributed by atoms with Gasteiger partial charge in [0.2, 0.25) is 0 Å². The SMILES string of the molecule is CCc1cc(C(N)c2cc(OC)cc(OC)c2)n(CC)n1. The van der Waals surface area contributed by atoms with Crippen LogP contribution in [0.1, 0.15) is 36.8 Å². The molecule has 2 rings (SSSR count). The highest BCUT2D eigenvalue weighted by Gasteiger charge is 2.17. The first-order valence-electron chi connectivity index (χ1n) is 7.18. The van der Waals surface area contributed by atoms with Crippen LogP contribution < -0.4 is 15.2 Å². The van der Waals surface area contributed by atoms with E-state index < -0.39 is 0 Å². The molecular weight excluding hydrogens is 266 g/mol. The van der Waals surface area contributed by atoms with E-state index in [0.29, 0.717) is 0 Å². The minimum Gasteiger partial charge on any atom is -0.497 e.